The number of anilines is 1. The van der Waals surface area contributed by atoms with Gasteiger partial charge < -0.3 is 5.11 Å². The van der Waals surface area contributed by atoms with Crippen LogP contribution in [0.4, 0.5) is 16.2 Å². The van der Waals surface area contributed by atoms with Gasteiger partial charge in [0.2, 0.25) is 0 Å². The van der Waals surface area contributed by atoms with Crippen LogP contribution in [0.2, 0.25) is 0 Å². The average molecular weight is 364 g/mol. The first kappa shape index (κ1) is 18.2. The Hall–Kier alpha value is -3.61. The Labute approximate surface area is 156 Å². The summed E-state index contributed by atoms with van der Waals surface area (Å²) in [5.41, 5.74) is 3.73. The molecule has 0 aliphatic rings. The summed E-state index contributed by atoms with van der Waals surface area (Å²) in [6.07, 6.45) is 1.26. The van der Waals surface area contributed by atoms with Crippen LogP contribution >= 0.6 is 0 Å². The van der Waals surface area contributed by atoms with Crippen molar-refractivity contribution < 1.29 is 9.90 Å². The van der Waals surface area contributed by atoms with E-state index in [1.807, 2.05) is 24.3 Å². The zero-order valence-corrected chi connectivity index (χ0v) is 15.1. The fraction of sp³-hybridized carbons (Fsp3) is 0.150. The van der Waals surface area contributed by atoms with Gasteiger partial charge in [0.05, 0.1) is 16.9 Å². The van der Waals surface area contributed by atoms with Gasteiger partial charge in [0.25, 0.3) is 5.56 Å². The summed E-state index contributed by atoms with van der Waals surface area (Å²) in [6, 6.07) is 14.4. The molecule has 27 heavy (non-hydrogen) atoms. The number of amides is 1. The molecule has 0 saturated heterocycles. The smallest absolute Gasteiger partial charge is 0.409 e. The van der Waals surface area contributed by atoms with Crippen LogP contribution in [0, 0.1) is 6.92 Å². The minimum atomic E-state index is -1.16. The molecule has 2 aromatic carbocycles. The molecule has 0 fully saturated rings. The summed E-state index contributed by atoms with van der Waals surface area (Å²) >= 11 is 0. The number of aryl methyl sites for hydroxylation is 2. The van der Waals surface area contributed by atoms with Gasteiger partial charge in [0.1, 0.15) is 0 Å². The minimum absolute atomic E-state index is 0.252. The van der Waals surface area contributed by atoms with Gasteiger partial charge >= 0.3 is 6.09 Å². The van der Waals surface area contributed by atoms with E-state index in [0.29, 0.717) is 22.6 Å². The zero-order chi connectivity index (χ0) is 19.4. The summed E-state index contributed by atoms with van der Waals surface area (Å²) in [5.74, 6) is 0. The average Bonchev–Trinajstić information content (AvgIpc) is 2.94. The molecule has 1 amide bonds. The van der Waals surface area contributed by atoms with Crippen LogP contribution < -0.4 is 10.9 Å². The van der Waals surface area contributed by atoms with E-state index >= 15 is 0 Å². The monoisotopic (exact) mass is 364 g/mol. The summed E-state index contributed by atoms with van der Waals surface area (Å²) in [7, 11) is 0. The Balaban J connectivity index is 1.97. The van der Waals surface area contributed by atoms with Crippen molar-refractivity contribution in [1.29, 1.82) is 0 Å². The van der Waals surface area contributed by atoms with Crippen LogP contribution in [0.3, 0.4) is 0 Å². The van der Waals surface area contributed by atoms with Crippen molar-refractivity contribution in [2.24, 2.45) is 4.99 Å². The normalized spacial score (nSPS) is 11.0. The highest BCUT2D eigenvalue weighted by atomic mass is 16.4. The van der Waals surface area contributed by atoms with Crippen molar-refractivity contribution in [3.8, 4) is 5.69 Å². The highest BCUT2D eigenvalue weighted by molar-refractivity contribution is 5.84. The van der Waals surface area contributed by atoms with Crippen LogP contribution in [0.15, 0.2) is 58.3 Å². The van der Waals surface area contributed by atoms with E-state index in [1.54, 1.807) is 37.4 Å². The first-order chi connectivity index (χ1) is 13.0. The van der Waals surface area contributed by atoms with Crippen molar-refractivity contribution in [3.05, 3.63) is 75.7 Å². The van der Waals surface area contributed by atoms with Gasteiger partial charge in [-0.1, -0.05) is 31.2 Å². The number of nitrogens with zero attached hydrogens (tertiary/aromatic N) is 2. The van der Waals surface area contributed by atoms with Crippen molar-refractivity contribution >= 4 is 23.7 Å². The highest BCUT2D eigenvalue weighted by Gasteiger charge is 2.11. The molecule has 0 bridgehead atoms. The van der Waals surface area contributed by atoms with E-state index in [2.05, 4.69) is 22.3 Å². The number of benzene rings is 2. The van der Waals surface area contributed by atoms with Gasteiger partial charge in [-0.25, -0.2) is 9.48 Å². The predicted octanol–water partition coefficient (Wildman–Crippen LogP) is 3.88. The number of nitrogens with one attached hydrogen (secondary N) is 2. The maximum Gasteiger partial charge on any atom is 0.409 e. The third-order valence-electron chi connectivity index (χ3n) is 4.18. The number of H-pyrrole nitrogens is 1. The molecule has 0 aliphatic carbocycles. The molecular formula is C20H20N4O3. The molecule has 0 saturated carbocycles. The van der Waals surface area contributed by atoms with Gasteiger partial charge in [-0.2, -0.15) is 0 Å². The summed E-state index contributed by atoms with van der Waals surface area (Å²) < 4.78 is 1.37. The first-order valence-electron chi connectivity index (χ1n) is 8.53. The topological polar surface area (TPSA) is 99.5 Å². The first-order valence-corrected chi connectivity index (χ1v) is 8.53. The van der Waals surface area contributed by atoms with Crippen molar-refractivity contribution in [2.75, 3.05) is 5.32 Å². The second-order valence-electron chi connectivity index (χ2n) is 6.01. The van der Waals surface area contributed by atoms with Crippen LogP contribution in [-0.4, -0.2) is 27.2 Å². The van der Waals surface area contributed by atoms with E-state index < -0.39 is 6.09 Å². The zero-order valence-electron chi connectivity index (χ0n) is 15.1. The Morgan fingerprint density at radius 3 is 2.78 bits per heavy atom. The van der Waals surface area contributed by atoms with Gasteiger partial charge in [0.15, 0.2) is 0 Å². The molecule has 0 aliphatic heterocycles. The number of aromatic amines is 1. The third kappa shape index (κ3) is 3.98. The van der Waals surface area contributed by atoms with E-state index in [9.17, 15) is 9.59 Å². The van der Waals surface area contributed by atoms with E-state index in [-0.39, 0.29) is 5.56 Å². The molecule has 3 N–H and O–H groups in total. The van der Waals surface area contributed by atoms with Crippen molar-refractivity contribution in [2.45, 2.75) is 20.3 Å². The minimum Gasteiger partial charge on any atom is -0.465 e. The molecule has 138 valence electrons. The quantitative estimate of drug-likeness (QED) is 0.599. The molecule has 0 unspecified atom stereocenters. The molecule has 3 aromatic rings. The van der Waals surface area contributed by atoms with Gasteiger partial charge in [-0.05, 0) is 43.2 Å². The third-order valence-corrected chi connectivity index (χ3v) is 4.18. The number of hydrogen-bond donors (Lipinski definition) is 3. The number of carbonyl (C=O) groups is 1. The second kappa shape index (κ2) is 7.74. The molecule has 1 aromatic heterocycles. The maximum atomic E-state index is 12.8. The Morgan fingerprint density at radius 1 is 1.26 bits per heavy atom. The standard InChI is InChI=1S/C20H20N4O3/c1-3-14-7-4-5-10-18(14)21-12-17-13(2)23-24(19(17)25)16-9-6-8-15(11-16)22-20(26)27/h4-12,22-23H,3H2,1-2H3,(H,26,27). The van der Waals surface area contributed by atoms with E-state index in [1.165, 1.54) is 4.68 Å². The molecule has 0 radical (unpaired) electrons. The molecule has 3 rings (SSSR count). The fourth-order valence-corrected chi connectivity index (χ4v) is 2.81. The molecule has 7 nitrogen and oxygen atoms in total. The van der Waals surface area contributed by atoms with Crippen molar-refractivity contribution in [1.82, 2.24) is 9.78 Å². The maximum absolute atomic E-state index is 12.8. The van der Waals surface area contributed by atoms with Gasteiger partial charge in [0, 0.05) is 17.6 Å². The highest BCUT2D eigenvalue weighted by Crippen LogP contribution is 2.19. The lowest BCUT2D eigenvalue weighted by molar-refractivity contribution is 0.210. The lowest BCUT2D eigenvalue weighted by Crippen LogP contribution is -2.17. The Morgan fingerprint density at radius 2 is 2.04 bits per heavy atom. The van der Waals surface area contributed by atoms with Crippen LogP contribution in [0.25, 0.3) is 5.69 Å². The molecule has 7 heteroatoms. The number of para-hydroxylation sites is 1. The molecule has 0 spiro atoms. The Kier molecular flexibility index (Phi) is 5.21. The summed E-state index contributed by atoms with van der Waals surface area (Å²) in [4.78, 5) is 28.1. The number of rotatable bonds is 5. The summed E-state index contributed by atoms with van der Waals surface area (Å²) in [5, 5.41) is 14.1. The van der Waals surface area contributed by atoms with Gasteiger partial charge in [-0.3, -0.25) is 20.2 Å². The lowest BCUT2D eigenvalue weighted by atomic mass is 10.1. The lowest BCUT2D eigenvalue weighted by Gasteiger charge is -2.05. The molecule has 1 heterocycles. The van der Waals surface area contributed by atoms with Crippen LogP contribution in [0.1, 0.15) is 23.7 Å². The van der Waals surface area contributed by atoms with Crippen LogP contribution in [0.5, 0.6) is 0 Å². The van der Waals surface area contributed by atoms with Gasteiger partial charge in [-0.15, -0.1) is 0 Å². The predicted molar refractivity (Wildman–Crippen MR) is 106 cm³/mol. The summed E-state index contributed by atoms with van der Waals surface area (Å²) in [6.45, 7) is 3.85. The second-order valence-corrected chi connectivity index (χ2v) is 6.01. The fourth-order valence-electron chi connectivity index (χ4n) is 2.81. The number of carboxylic acid groups (broad SMARTS) is 1. The van der Waals surface area contributed by atoms with Crippen molar-refractivity contribution in [3.63, 3.8) is 0 Å². The van der Waals surface area contributed by atoms with E-state index in [4.69, 9.17) is 5.11 Å². The number of aliphatic imine (C=N–C) groups is 1. The number of hydrogen-bond acceptors (Lipinski definition) is 3. The molecular weight excluding hydrogens is 344 g/mol. The van der Waals surface area contributed by atoms with Crippen LogP contribution in [-0.2, 0) is 6.42 Å². The largest absolute Gasteiger partial charge is 0.465 e. The number of aromatic nitrogens is 2. The van der Waals surface area contributed by atoms with E-state index in [0.717, 1.165) is 17.7 Å². The molecule has 0 atom stereocenters. The SMILES string of the molecule is CCc1ccccc1N=Cc1c(C)[nH]n(-c2cccc(NC(=O)O)c2)c1=O. The Bertz CT molecular complexity index is 1060.